The smallest absolute Gasteiger partial charge is 0.143 e. The molecule has 0 aliphatic heterocycles. The van der Waals surface area contributed by atoms with E-state index < -0.39 is 0 Å². The second-order valence-corrected chi connectivity index (χ2v) is 6.91. The first kappa shape index (κ1) is 17.8. The van der Waals surface area contributed by atoms with Crippen molar-refractivity contribution in [1.82, 2.24) is 0 Å². The van der Waals surface area contributed by atoms with Gasteiger partial charge in [-0.05, 0) is 59.1 Å². The molecule has 0 aliphatic rings. The molecule has 0 aliphatic carbocycles. The summed E-state index contributed by atoms with van der Waals surface area (Å²) < 4.78 is 0. The number of thioether (sulfide) groups is 1. The predicted octanol–water partition coefficient (Wildman–Crippen LogP) is 5.82. The zero-order valence-electron chi connectivity index (χ0n) is 13.6. The van der Waals surface area contributed by atoms with Crippen LogP contribution >= 0.6 is 11.8 Å². The minimum Gasteiger partial charge on any atom is -0.299 e. The molecular weight excluding hydrogens is 276 g/mol. The van der Waals surface area contributed by atoms with E-state index in [4.69, 9.17) is 0 Å². The van der Waals surface area contributed by atoms with E-state index in [2.05, 4.69) is 45.1 Å². The van der Waals surface area contributed by atoms with E-state index in [1.54, 1.807) is 18.7 Å². The SMILES string of the molecule is CC(=O)C(C/C=C(/C)CCC=C(C)C)Sc1ccccc1. The Morgan fingerprint density at radius 3 is 2.33 bits per heavy atom. The van der Waals surface area contributed by atoms with Gasteiger partial charge in [0.15, 0.2) is 0 Å². The minimum absolute atomic E-state index is 0.0193. The first-order chi connectivity index (χ1) is 9.99. The highest BCUT2D eigenvalue weighted by Gasteiger charge is 2.14. The van der Waals surface area contributed by atoms with Crippen LogP contribution in [-0.4, -0.2) is 11.0 Å². The van der Waals surface area contributed by atoms with E-state index in [-0.39, 0.29) is 11.0 Å². The molecule has 0 radical (unpaired) electrons. The lowest BCUT2D eigenvalue weighted by molar-refractivity contribution is -0.116. The van der Waals surface area contributed by atoms with Crippen molar-refractivity contribution in [2.45, 2.75) is 57.1 Å². The molecule has 1 aromatic rings. The highest BCUT2D eigenvalue weighted by atomic mass is 32.2. The summed E-state index contributed by atoms with van der Waals surface area (Å²) in [7, 11) is 0. The Bertz CT molecular complexity index is 496. The summed E-state index contributed by atoms with van der Waals surface area (Å²) in [5, 5.41) is 0.0193. The van der Waals surface area contributed by atoms with Crippen LogP contribution in [0.15, 0.2) is 58.5 Å². The van der Waals surface area contributed by atoms with E-state index in [0.717, 1.165) is 24.2 Å². The van der Waals surface area contributed by atoms with Gasteiger partial charge in [0, 0.05) is 4.90 Å². The molecule has 0 saturated heterocycles. The van der Waals surface area contributed by atoms with Gasteiger partial charge in [-0.15, -0.1) is 11.8 Å². The summed E-state index contributed by atoms with van der Waals surface area (Å²) in [5.41, 5.74) is 2.73. The monoisotopic (exact) mass is 302 g/mol. The molecular formula is C19H26OS. The number of hydrogen-bond acceptors (Lipinski definition) is 2. The molecule has 1 unspecified atom stereocenters. The summed E-state index contributed by atoms with van der Waals surface area (Å²) in [4.78, 5) is 13.0. The van der Waals surface area contributed by atoms with Crippen molar-refractivity contribution in [3.05, 3.63) is 53.6 Å². The van der Waals surface area contributed by atoms with Gasteiger partial charge in [0.2, 0.25) is 0 Å². The van der Waals surface area contributed by atoms with Crippen LogP contribution in [0.5, 0.6) is 0 Å². The van der Waals surface area contributed by atoms with Gasteiger partial charge in [-0.3, -0.25) is 4.79 Å². The normalized spacial score (nSPS) is 12.9. The summed E-state index contributed by atoms with van der Waals surface area (Å²) in [5.74, 6) is 0.247. The minimum atomic E-state index is 0.0193. The third-order valence-electron chi connectivity index (χ3n) is 3.25. The molecule has 0 aromatic heterocycles. The maximum Gasteiger partial charge on any atom is 0.143 e. The fourth-order valence-corrected chi connectivity index (χ4v) is 2.96. The van der Waals surface area contributed by atoms with Gasteiger partial charge in [-0.2, -0.15) is 0 Å². The zero-order valence-corrected chi connectivity index (χ0v) is 14.4. The van der Waals surface area contributed by atoms with Crippen LogP contribution in [0.25, 0.3) is 0 Å². The van der Waals surface area contributed by atoms with Crippen LogP contribution in [-0.2, 0) is 4.79 Å². The topological polar surface area (TPSA) is 17.1 Å². The van der Waals surface area contributed by atoms with E-state index in [1.165, 1.54) is 11.1 Å². The molecule has 1 aromatic carbocycles. The zero-order chi connectivity index (χ0) is 15.7. The van der Waals surface area contributed by atoms with E-state index >= 15 is 0 Å². The molecule has 21 heavy (non-hydrogen) atoms. The fraction of sp³-hybridized carbons (Fsp3) is 0.421. The van der Waals surface area contributed by atoms with Gasteiger partial charge in [0.25, 0.3) is 0 Å². The Morgan fingerprint density at radius 1 is 1.10 bits per heavy atom. The van der Waals surface area contributed by atoms with Crippen molar-refractivity contribution in [2.24, 2.45) is 0 Å². The van der Waals surface area contributed by atoms with Crippen molar-refractivity contribution in [2.75, 3.05) is 0 Å². The molecule has 0 amide bonds. The third kappa shape index (κ3) is 7.91. The number of benzene rings is 1. The number of allylic oxidation sites excluding steroid dienone is 4. The second kappa shape index (κ2) is 9.62. The lowest BCUT2D eigenvalue weighted by atomic mass is 10.1. The second-order valence-electron chi connectivity index (χ2n) is 5.64. The van der Waals surface area contributed by atoms with E-state index in [9.17, 15) is 4.79 Å². The van der Waals surface area contributed by atoms with Crippen molar-refractivity contribution in [3.63, 3.8) is 0 Å². The number of Topliss-reactive ketones (excluding diaryl/α,β-unsaturated/α-hetero) is 1. The van der Waals surface area contributed by atoms with E-state index in [0.29, 0.717) is 0 Å². The van der Waals surface area contributed by atoms with Gasteiger partial charge >= 0.3 is 0 Å². The Labute approximate surface area is 133 Å². The Kier molecular flexibility index (Phi) is 8.14. The number of carbonyl (C=O) groups excluding carboxylic acids is 1. The molecule has 1 atom stereocenters. The van der Waals surface area contributed by atoms with Gasteiger partial charge in [0.1, 0.15) is 5.78 Å². The van der Waals surface area contributed by atoms with Crippen LogP contribution in [0.4, 0.5) is 0 Å². The molecule has 1 nitrogen and oxygen atoms in total. The average molecular weight is 302 g/mol. The molecule has 114 valence electrons. The quantitative estimate of drug-likeness (QED) is 0.444. The van der Waals surface area contributed by atoms with Crippen LogP contribution in [0.3, 0.4) is 0 Å². The number of hydrogen-bond donors (Lipinski definition) is 0. The summed E-state index contributed by atoms with van der Waals surface area (Å²) in [6.45, 7) is 8.10. The van der Waals surface area contributed by atoms with Gasteiger partial charge in [0.05, 0.1) is 5.25 Å². The molecule has 0 heterocycles. The van der Waals surface area contributed by atoms with Crippen molar-refractivity contribution < 1.29 is 4.79 Å². The Hall–Kier alpha value is -1.28. The highest BCUT2D eigenvalue weighted by molar-refractivity contribution is 8.00. The molecule has 0 fully saturated rings. The lowest BCUT2D eigenvalue weighted by Crippen LogP contribution is -2.12. The molecule has 2 heteroatoms. The number of carbonyl (C=O) groups is 1. The fourth-order valence-electron chi connectivity index (χ4n) is 1.96. The Balaban J connectivity index is 2.54. The van der Waals surface area contributed by atoms with Crippen molar-refractivity contribution in [1.29, 1.82) is 0 Å². The molecule has 0 saturated carbocycles. The summed E-state index contributed by atoms with van der Waals surface area (Å²) in [6, 6.07) is 10.2. The van der Waals surface area contributed by atoms with Crippen molar-refractivity contribution >= 4 is 17.5 Å². The largest absolute Gasteiger partial charge is 0.299 e. The third-order valence-corrected chi connectivity index (χ3v) is 4.60. The first-order valence-electron chi connectivity index (χ1n) is 7.50. The van der Waals surface area contributed by atoms with Crippen LogP contribution in [0, 0.1) is 0 Å². The highest BCUT2D eigenvalue weighted by Crippen LogP contribution is 2.26. The maximum atomic E-state index is 11.8. The van der Waals surface area contributed by atoms with Gasteiger partial charge < -0.3 is 0 Å². The first-order valence-corrected chi connectivity index (χ1v) is 8.38. The van der Waals surface area contributed by atoms with Gasteiger partial charge in [-0.1, -0.05) is 41.5 Å². The van der Waals surface area contributed by atoms with Crippen LogP contribution in [0.2, 0.25) is 0 Å². The van der Waals surface area contributed by atoms with Crippen LogP contribution < -0.4 is 0 Å². The molecule has 0 N–H and O–H groups in total. The molecule has 0 spiro atoms. The maximum absolute atomic E-state index is 11.8. The standard InChI is InChI=1S/C19H26OS/c1-15(2)9-8-10-16(3)13-14-19(17(4)20)21-18-11-6-5-7-12-18/h5-7,9,11-13,19H,8,10,14H2,1-4H3/b16-13-. The van der Waals surface area contributed by atoms with Gasteiger partial charge in [-0.25, -0.2) is 0 Å². The lowest BCUT2D eigenvalue weighted by Gasteiger charge is -2.12. The molecule has 1 rings (SSSR count). The van der Waals surface area contributed by atoms with Crippen molar-refractivity contribution in [3.8, 4) is 0 Å². The summed E-state index contributed by atoms with van der Waals surface area (Å²) in [6.07, 6.45) is 7.46. The summed E-state index contributed by atoms with van der Waals surface area (Å²) >= 11 is 1.66. The van der Waals surface area contributed by atoms with Crippen LogP contribution in [0.1, 0.15) is 47.0 Å². The number of ketones is 1. The Morgan fingerprint density at radius 2 is 1.76 bits per heavy atom. The molecule has 0 bridgehead atoms. The average Bonchev–Trinajstić information content (AvgIpc) is 2.43. The number of rotatable bonds is 8. The van der Waals surface area contributed by atoms with E-state index in [1.807, 2.05) is 18.2 Å². The predicted molar refractivity (Wildman–Crippen MR) is 93.8 cm³/mol.